The van der Waals surface area contributed by atoms with Gasteiger partial charge in [0.2, 0.25) is 0 Å². The molecule has 2 saturated heterocycles. The average Bonchev–Trinajstić information content (AvgIpc) is 3.48. The molecular weight excluding hydrogens is 354 g/mol. The lowest BCUT2D eigenvalue weighted by Gasteiger charge is -2.32. The van der Waals surface area contributed by atoms with Crippen LogP contribution in [0.3, 0.4) is 0 Å². The van der Waals surface area contributed by atoms with Crippen molar-refractivity contribution in [1.29, 1.82) is 0 Å². The van der Waals surface area contributed by atoms with Gasteiger partial charge >= 0.3 is 0 Å². The molecule has 0 aliphatic carbocycles. The van der Waals surface area contributed by atoms with Crippen molar-refractivity contribution in [2.45, 2.75) is 38.0 Å². The van der Waals surface area contributed by atoms with E-state index in [4.69, 9.17) is 9.47 Å². The summed E-state index contributed by atoms with van der Waals surface area (Å²) in [6.07, 6.45) is 9.32. The van der Waals surface area contributed by atoms with Gasteiger partial charge in [-0.05, 0) is 37.5 Å². The highest BCUT2D eigenvalue weighted by molar-refractivity contribution is 5.86. The van der Waals surface area contributed by atoms with Crippen LogP contribution in [0.5, 0.6) is 5.75 Å². The molecule has 0 N–H and O–H groups in total. The van der Waals surface area contributed by atoms with E-state index in [1.165, 1.54) is 10.9 Å². The van der Waals surface area contributed by atoms with Crippen molar-refractivity contribution in [1.82, 2.24) is 24.5 Å². The van der Waals surface area contributed by atoms with E-state index in [9.17, 15) is 0 Å². The van der Waals surface area contributed by atoms with Gasteiger partial charge in [0.1, 0.15) is 11.9 Å². The zero-order valence-corrected chi connectivity index (χ0v) is 16.1. The summed E-state index contributed by atoms with van der Waals surface area (Å²) in [6, 6.07) is 9.04. The molecule has 7 heteroatoms. The minimum Gasteiger partial charge on any atom is -0.490 e. The third kappa shape index (κ3) is 3.64. The SMILES string of the molecule is c1cc(OC2CCN(CCn3ccnn3)CC2)c2ccn(C3CCOC3)c2c1. The van der Waals surface area contributed by atoms with Crippen molar-refractivity contribution in [3.05, 3.63) is 42.9 Å². The van der Waals surface area contributed by atoms with Crippen LogP contribution in [0, 0.1) is 0 Å². The van der Waals surface area contributed by atoms with Crippen LogP contribution in [0.4, 0.5) is 0 Å². The quantitative estimate of drug-likeness (QED) is 0.657. The van der Waals surface area contributed by atoms with Crippen LogP contribution >= 0.6 is 0 Å². The molecule has 148 valence electrons. The molecule has 5 rings (SSSR count). The maximum absolute atomic E-state index is 6.44. The van der Waals surface area contributed by atoms with Crippen LogP contribution in [0.1, 0.15) is 25.3 Å². The minimum absolute atomic E-state index is 0.284. The average molecular weight is 381 g/mol. The number of aromatic nitrogens is 4. The summed E-state index contributed by atoms with van der Waals surface area (Å²) >= 11 is 0. The summed E-state index contributed by atoms with van der Waals surface area (Å²) in [6.45, 7) is 5.70. The highest BCUT2D eigenvalue weighted by Gasteiger charge is 2.23. The predicted molar refractivity (Wildman–Crippen MR) is 107 cm³/mol. The molecule has 2 aliphatic rings. The Labute approximate surface area is 164 Å². The first-order valence-corrected chi connectivity index (χ1v) is 10.3. The smallest absolute Gasteiger partial charge is 0.129 e. The van der Waals surface area contributed by atoms with E-state index in [2.05, 4.69) is 50.2 Å². The van der Waals surface area contributed by atoms with Crippen LogP contribution in [0.2, 0.25) is 0 Å². The van der Waals surface area contributed by atoms with Crippen molar-refractivity contribution in [3.8, 4) is 5.75 Å². The Kier molecular flexibility index (Phi) is 5.01. The van der Waals surface area contributed by atoms with E-state index < -0.39 is 0 Å². The highest BCUT2D eigenvalue weighted by atomic mass is 16.5. The van der Waals surface area contributed by atoms with Crippen LogP contribution in [-0.2, 0) is 11.3 Å². The fourth-order valence-electron chi connectivity index (χ4n) is 4.35. The van der Waals surface area contributed by atoms with Crippen molar-refractivity contribution in [2.75, 3.05) is 32.8 Å². The van der Waals surface area contributed by atoms with E-state index in [0.717, 1.165) is 64.4 Å². The lowest BCUT2D eigenvalue weighted by atomic mass is 10.1. The van der Waals surface area contributed by atoms with Crippen molar-refractivity contribution in [3.63, 3.8) is 0 Å². The fraction of sp³-hybridized carbons (Fsp3) is 0.524. The number of nitrogens with zero attached hydrogens (tertiary/aromatic N) is 5. The number of ether oxygens (including phenoxy) is 2. The van der Waals surface area contributed by atoms with Gasteiger partial charge in [-0.1, -0.05) is 11.3 Å². The highest BCUT2D eigenvalue weighted by Crippen LogP contribution is 2.32. The topological polar surface area (TPSA) is 57.3 Å². The van der Waals surface area contributed by atoms with Gasteiger partial charge in [0, 0.05) is 44.0 Å². The Bertz CT molecular complexity index is 893. The van der Waals surface area contributed by atoms with E-state index in [-0.39, 0.29) is 6.10 Å². The number of fused-ring (bicyclic) bond motifs is 1. The number of rotatable bonds is 6. The lowest BCUT2D eigenvalue weighted by molar-refractivity contribution is 0.0990. The molecular formula is C21H27N5O2. The standard InChI is InChI=1S/C21H27N5O2/c1-2-20-19(6-11-26(20)17-7-15-27-16-17)21(3-1)28-18-4-9-24(10-5-18)13-14-25-12-8-22-23-25/h1-3,6,8,11-12,17-18H,4-5,7,9-10,13-16H2. The van der Waals surface area contributed by atoms with E-state index in [0.29, 0.717) is 6.04 Å². The maximum Gasteiger partial charge on any atom is 0.129 e. The molecule has 2 aliphatic heterocycles. The summed E-state index contributed by atoms with van der Waals surface area (Å²) in [7, 11) is 0. The number of hydrogen-bond acceptors (Lipinski definition) is 5. The van der Waals surface area contributed by atoms with Crippen molar-refractivity contribution < 1.29 is 9.47 Å². The normalized spacial score (nSPS) is 21.5. The van der Waals surface area contributed by atoms with Crippen LogP contribution in [-0.4, -0.2) is 63.4 Å². The summed E-state index contributed by atoms with van der Waals surface area (Å²) in [5.41, 5.74) is 1.25. The zero-order valence-electron chi connectivity index (χ0n) is 16.1. The molecule has 1 unspecified atom stereocenters. The molecule has 1 aromatic carbocycles. The van der Waals surface area contributed by atoms with Gasteiger partial charge in [0.15, 0.2) is 0 Å². The molecule has 7 nitrogen and oxygen atoms in total. The number of hydrogen-bond donors (Lipinski definition) is 0. The lowest BCUT2D eigenvalue weighted by Crippen LogP contribution is -2.39. The second kappa shape index (κ2) is 7.93. The molecule has 28 heavy (non-hydrogen) atoms. The monoisotopic (exact) mass is 381 g/mol. The Morgan fingerprint density at radius 3 is 2.79 bits per heavy atom. The second-order valence-corrected chi connectivity index (χ2v) is 7.75. The first-order chi connectivity index (χ1) is 13.9. The number of benzene rings is 1. The Hall–Kier alpha value is -2.38. The molecule has 2 aromatic heterocycles. The number of likely N-dealkylation sites (tertiary alicyclic amines) is 1. The molecule has 0 radical (unpaired) electrons. The largest absolute Gasteiger partial charge is 0.490 e. The van der Waals surface area contributed by atoms with Crippen LogP contribution < -0.4 is 4.74 Å². The van der Waals surface area contributed by atoms with Gasteiger partial charge < -0.3 is 18.9 Å². The van der Waals surface area contributed by atoms with Gasteiger partial charge in [-0.15, -0.1) is 5.10 Å². The molecule has 2 fully saturated rings. The van der Waals surface area contributed by atoms with Crippen molar-refractivity contribution >= 4 is 10.9 Å². The third-order valence-corrected chi connectivity index (χ3v) is 5.97. The zero-order chi connectivity index (χ0) is 18.8. The summed E-state index contributed by atoms with van der Waals surface area (Å²) in [5.74, 6) is 1.01. The Morgan fingerprint density at radius 1 is 1.07 bits per heavy atom. The minimum atomic E-state index is 0.284. The summed E-state index contributed by atoms with van der Waals surface area (Å²) in [5, 5.41) is 9.11. The van der Waals surface area contributed by atoms with Crippen LogP contribution in [0.25, 0.3) is 10.9 Å². The maximum atomic E-state index is 6.44. The van der Waals surface area contributed by atoms with E-state index in [1.807, 2.05) is 10.9 Å². The molecule has 0 spiro atoms. The van der Waals surface area contributed by atoms with E-state index >= 15 is 0 Å². The third-order valence-electron chi connectivity index (χ3n) is 5.97. The molecule has 1 atom stereocenters. The van der Waals surface area contributed by atoms with Gasteiger partial charge in [-0.3, -0.25) is 4.68 Å². The molecule has 0 saturated carbocycles. The van der Waals surface area contributed by atoms with E-state index in [1.54, 1.807) is 6.20 Å². The Balaban J connectivity index is 1.20. The van der Waals surface area contributed by atoms with Crippen LogP contribution in [0.15, 0.2) is 42.9 Å². The van der Waals surface area contributed by atoms with Crippen molar-refractivity contribution in [2.24, 2.45) is 0 Å². The fourth-order valence-corrected chi connectivity index (χ4v) is 4.35. The first-order valence-electron chi connectivity index (χ1n) is 10.3. The van der Waals surface area contributed by atoms with Gasteiger partial charge in [-0.25, -0.2) is 0 Å². The Morgan fingerprint density at radius 2 is 2.00 bits per heavy atom. The molecule has 0 amide bonds. The predicted octanol–water partition coefficient (Wildman–Crippen LogP) is 2.74. The summed E-state index contributed by atoms with van der Waals surface area (Å²) < 4.78 is 16.3. The van der Waals surface area contributed by atoms with Gasteiger partial charge in [0.25, 0.3) is 0 Å². The molecule has 4 heterocycles. The van der Waals surface area contributed by atoms with Gasteiger partial charge in [0.05, 0.1) is 30.9 Å². The first kappa shape index (κ1) is 17.7. The van der Waals surface area contributed by atoms with Gasteiger partial charge in [-0.2, -0.15) is 0 Å². The molecule has 3 aromatic rings. The summed E-state index contributed by atoms with van der Waals surface area (Å²) in [4.78, 5) is 2.48. The second-order valence-electron chi connectivity index (χ2n) is 7.75. The molecule has 0 bridgehead atoms. The number of piperidine rings is 1.